The first-order valence-electron chi connectivity index (χ1n) is 8.56. The Morgan fingerprint density at radius 1 is 1.24 bits per heavy atom. The van der Waals surface area contributed by atoms with Gasteiger partial charge in [-0.25, -0.2) is 4.98 Å². The predicted molar refractivity (Wildman–Crippen MR) is 99.7 cm³/mol. The first-order chi connectivity index (χ1) is 12.2. The van der Waals surface area contributed by atoms with Gasteiger partial charge in [-0.05, 0) is 38.0 Å². The number of fused-ring (bicyclic) bond motifs is 3. The minimum atomic E-state index is -0.00535. The molecular formula is C19H18N4OS. The van der Waals surface area contributed by atoms with Gasteiger partial charge in [-0.1, -0.05) is 29.5 Å². The molecule has 1 aliphatic carbocycles. The van der Waals surface area contributed by atoms with Gasteiger partial charge in [0.1, 0.15) is 11.7 Å². The molecule has 0 bridgehead atoms. The molecule has 0 amide bonds. The number of benzene rings is 1. The Bertz CT molecular complexity index is 956. The minimum Gasteiger partial charge on any atom is -0.385 e. The summed E-state index contributed by atoms with van der Waals surface area (Å²) in [7, 11) is 0. The Hall–Kier alpha value is -2.34. The van der Waals surface area contributed by atoms with Gasteiger partial charge in [0.15, 0.2) is 0 Å². The molecular weight excluding hydrogens is 332 g/mol. The van der Waals surface area contributed by atoms with Gasteiger partial charge in [-0.2, -0.15) is 0 Å². The second kappa shape index (κ2) is 5.59. The summed E-state index contributed by atoms with van der Waals surface area (Å²) in [5.41, 5.74) is 4.01. The highest BCUT2D eigenvalue weighted by Gasteiger charge is 2.41. The summed E-state index contributed by atoms with van der Waals surface area (Å²) < 4.78 is 1.63. The van der Waals surface area contributed by atoms with Crippen LogP contribution in [-0.4, -0.2) is 27.2 Å². The number of nitrogens with one attached hydrogen (secondary N) is 1. The maximum absolute atomic E-state index is 13.0. The highest BCUT2D eigenvalue weighted by atomic mass is 32.2. The average molecular weight is 350 g/mol. The third-order valence-electron chi connectivity index (χ3n) is 4.86. The van der Waals surface area contributed by atoms with Crippen molar-refractivity contribution in [2.75, 3.05) is 0 Å². The van der Waals surface area contributed by atoms with Crippen molar-refractivity contribution < 1.29 is 0 Å². The lowest BCUT2D eigenvalue weighted by molar-refractivity contribution is 0.638. The molecule has 0 saturated heterocycles. The number of hydrogen-bond donors (Lipinski definition) is 1. The van der Waals surface area contributed by atoms with Crippen LogP contribution in [0.3, 0.4) is 0 Å². The van der Waals surface area contributed by atoms with Gasteiger partial charge in [0, 0.05) is 18.0 Å². The fraction of sp³-hybridized carbons (Fsp3) is 0.316. The third kappa shape index (κ3) is 2.52. The van der Waals surface area contributed by atoms with E-state index >= 15 is 0 Å². The first kappa shape index (κ1) is 15.0. The summed E-state index contributed by atoms with van der Waals surface area (Å²) in [6, 6.07) is 8.49. The van der Waals surface area contributed by atoms with E-state index in [1.807, 2.05) is 43.5 Å². The lowest BCUT2D eigenvalue weighted by Crippen LogP contribution is -2.28. The summed E-state index contributed by atoms with van der Waals surface area (Å²) in [4.78, 5) is 23.0. The number of dihydropyridines is 1. The standard InChI is InChI=1S/C19H18N4OS/c1-11-2-6-13(7-3-11)23-10-21-16-15-14(22-12-4-5-12)8-9-20-18(15)25-17(16)19(23)24/h2-3,6-10,12,15,18,22H,4-5H2,1H3. The molecule has 1 saturated carbocycles. The van der Waals surface area contributed by atoms with Crippen LogP contribution in [0, 0.1) is 6.92 Å². The number of aromatic nitrogens is 2. The number of rotatable bonds is 3. The van der Waals surface area contributed by atoms with Crippen LogP contribution in [0.4, 0.5) is 0 Å². The van der Waals surface area contributed by atoms with E-state index in [4.69, 9.17) is 0 Å². The molecule has 0 spiro atoms. The van der Waals surface area contributed by atoms with Gasteiger partial charge < -0.3 is 5.32 Å². The summed E-state index contributed by atoms with van der Waals surface area (Å²) in [5.74, 6) is 0.0611. The van der Waals surface area contributed by atoms with Gasteiger partial charge in [0.25, 0.3) is 5.56 Å². The molecule has 1 fully saturated rings. The number of aryl methyl sites for hydroxylation is 1. The summed E-state index contributed by atoms with van der Waals surface area (Å²) in [5, 5.41) is 3.59. The van der Waals surface area contributed by atoms with E-state index in [9.17, 15) is 4.79 Å². The molecule has 3 heterocycles. The summed E-state index contributed by atoms with van der Waals surface area (Å²) in [6.07, 6.45) is 7.97. The average Bonchev–Trinajstić information content (AvgIpc) is 3.34. The molecule has 25 heavy (non-hydrogen) atoms. The van der Waals surface area contributed by atoms with Crippen LogP contribution in [0.25, 0.3) is 5.69 Å². The van der Waals surface area contributed by atoms with Crippen molar-refractivity contribution in [3.05, 3.63) is 64.0 Å². The van der Waals surface area contributed by atoms with Crippen molar-refractivity contribution in [2.45, 2.75) is 42.0 Å². The molecule has 6 heteroatoms. The molecule has 126 valence electrons. The van der Waals surface area contributed by atoms with Gasteiger partial charge in [0.05, 0.1) is 22.2 Å². The van der Waals surface area contributed by atoms with Crippen LogP contribution in [0.2, 0.25) is 0 Å². The fourth-order valence-electron chi connectivity index (χ4n) is 3.33. The van der Waals surface area contributed by atoms with E-state index in [1.54, 1.807) is 10.9 Å². The molecule has 2 atom stereocenters. The predicted octanol–water partition coefficient (Wildman–Crippen LogP) is 2.78. The topological polar surface area (TPSA) is 59.3 Å². The van der Waals surface area contributed by atoms with Crippen molar-refractivity contribution in [1.82, 2.24) is 14.9 Å². The van der Waals surface area contributed by atoms with Gasteiger partial charge in [0.2, 0.25) is 0 Å². The Balaban J connectivity index is 1.56. The zero-order valence-corrected chi connectivity index (χ0v) is 14.7. The van der Waals surface area contributed by atoms with Crippen LogP contribution in [0.15, 0.2) is 57.0 Å². The monoisotopic (exact) mass is 350 g/mol. The Kier molecular flexibility index (Phi) is 3.35. The lowest BCUT2D eigenvalue weighted by atomic mass is 9.98. The molecule has 5 nitrogen and oxygen atoms in total. The number of nitrogens with zero attached hydrogens (tertiary/aromatic N) is 3. The van der Waals surface area contributed by atoms with Crippen LogP contribution < -0.4 is 10.9 Å². The van der Waals surface area contributed by atoms with Crippen molar-refractivity contribution in [2.24, 2.45) is 4.99 Å². The summed E-state index contributed by atoms with van der Waals surface area (Å²) in [6.45, 7) is 2.03. The van der Waals surface area contributed by atoms with Crippen LogP contribution in [0.5, 0.6) is 0 Å². The number of thioether (sulfide) groups is 1. The van der Waals surface area contributed by atoms with Gasteiger partial charge >= 0.3 is 0 Å². The molecule has 2 aromatic rings. The van der Waals surface area contributed by atoms with E-state index < -0.39 is 0 Å². The number of hydrogen-bond acceptors (Lipinski definition) is 5. The molecule has 5 rings (SSSR count). The SMILES string of the molecule is Cc1ccc(-n2cnc3c(c2=O)SC2N=CC=C(NC4CC4)C32)cc1. The maximum Gasteiger partial charge on any atom is 0.271 e. The Morgan fingerprint density at radius 3 is 2.80 bits per heavy atom. The second-order valence-corrected chi connectivity index (χ2v) is 7.92. The van der Waals surface area contributed by atoms with Crippen molar-refractivity contribution >= 4 is 18.0 Å². The molecule has 2 unspecified atom stereocenters. The minimum absolute atomic E-state index is 0.00535. The van der Waals surface area contributed by atoms with E-state index in [1.165, 1.54) is 30.2 Å². The Labute approximate surface area is 149 Å². The molecule has 3 aliphatic rings. The van der Waals surface area contributed by atoms with Crippen molar-refractivity contribution in [3.8, 4) is 5.69 Å². The normalized spacial score (nSPS) is 23.8. The number of allylic oxidation sites excluding steroid dienone is 1. The highest BCUT2D eigenvalue weighted by molar-refractivity contribution is 8.00. The number of aliphatic imine (C=N–C) groups is 1. The molecule has 2 aliphatic heterocycles. The van der Waals surface area contributed by atoms with Crippen LogP contribution >= 0.6 is 11.8 Å². The summed E-state index contributed by atoms with van der Waals surface area (Å²) >= 11 is 1.54. The maximum atomic E-state index is 13.0. The van der Waals surface area contributed by atoms with Crippen LogP contribution in [0.1, 0.15) is 30.0 Å². The van der Waals surface area contributed by atoms with E-state index in [0.717, 1.165) is 22.0 Å². The smallest absolute Gasteiger partial charge is 0.271 e. The first-order valence-corrected chi connectivity index (χ1v) is 9.44. The van der Waals surface area contributed by atoms with Crippen molar-refractivity contribution in [3.63, 3.8) is 0 Å². The zero-order chi connectivity index (χ0) is 17.0. The third-order valence-corrected chi connectivity index (χ3v) is 6.11. The van der Waals surface area contributed by atoms with Crippen molar-refractivity contribution in [1.29, 1.82) is 0 Å². The molecule has 1 N–H and O–H groups in total. The second-order valence-electron chi connectivity index (χ2n) is 6.79. The zero-order valence-electron chi connectivity index (χ0n) is 13.8. The fourth-order valence-corrected chi connectivity index (χ4v) is 4.61. The Morgan fingerprint density at radius 2 is 2.04 bits per heavy atom. The van der Waals surface area contributed by atoms with E-state index in [0.29, 0.717) is 6.04 Å². The van der Waals surface area contributed by atoms with Crippen LogP contribution in [-0.2, 0) is 0 Å². The van der Waals surface area contributed by atoms with Gasteiger partial charge in [-0.3, -0.25) is 14.4 Å². The molecule has 1 aromatic carbocycles. The molecule has 0 radical (unpaired) electrons. The largest absolute Gasteiger partial charge is 0.385 e. The van der Waals surface area contributed by atoms with E-state index in [2.05, 4.69) is 15.3 Å². The molecule has 1 aromatic heterocycles. The van der Waals surface area contributed by atoms with Gasteiger partial charge in [-0.15, -0.1) is 0 Å². The highest BCUT2D eigenvalue weighted by Crippen LogP contribution is 2.47. The van der Waals surface area contributed by atoms with E-state index in [-0.39, 0.29) is 16.9 Å². The lowest BCUT2D eigenvalue weighted by Gasteiger charge is -2.23. The quantitative estimate of drug-likeness (QED) is 0.925.